The summed E-state index contributed by atoms with van der Waals surface area (Å²) in [7, 11) is 1.63. The summed E-state index contributed by atoms with van der Waals surface area (Å²) in [4.78, 5) is 28.9. The molecular weight excluding hydrogens is 422 g/mol. The molecule has 1 aliphatic heterocycles. The minimum Gasteiger partial charge on any atom is -0.360 e. The fraction of sp³-hybridized carbons (Fsp3) is 0.333. The molecule has 0 bridgehead atoms. The largest absolute Gasteiger partial charge is 0.360 e. The van der Waals surface area contributed by atoms with Gasteiger partial charge in [0.25, 0.3) is 5.91 Å². The molecule has 0 radical (unpaired) electrons. The van der Waals surface area contributed by atoms with Gasteiger partial charge in [0, 0.05) is 57.1 Å². The predicted molar refractivity (Wildman–Crippen MR) is 111 cm³/mol. The maximum absolute atomic E-state index is 14.3. The van der Waals surface area contributed by atoms with Gasteiger partial charge in [-0.25, -0.2) is 8.78 Å². The summed E-state index contributed by atoms with van der Waals surface area (Å²) in [5, 5.41) is 10.6. The van der Waals surface area contributed by atoms with Crippen LogP contribution in [0.1, 0.15) is 16.1 Å². The zero-order chi connectivity index (χ0) is 22.8. The third kappa shape index (κ3) is 4.67. The van der Waals surface area contributed by atoms with Crippen LogP contribution in [-0.4, -0.2) is 69.3 Å². The van der Waals surface area contributed by atoms with Crippen molar-refractivity contribution in [2.24, 2.45) is 7.05 Å². The number of anilines is 1. The smallest absolute Gasteiger partial charge is 0.257 e. The number of benzene rings is 1. The molecule has 1 aromatic carbocycles. The number of hydrogen-bond acceptors (Lipinski definition) is 6. The highest BCUT2D eigenvalue weighted by molar-refractivity contribution is 6.00. The van der Waals surface area contributed by atoms with Gasteiger partial charge < -0.3 is 14.7 Å². The number of hydrogen-bond donors (Lipinski definition) is 1. The average Bonchev–Trinajstić information content (AvgIpc) is 3.33. The summed E-state index contributed by atoms with van der Waals surface area (Å²) in [6, 6.07) is 4.80. The predicted octanol–water partition coefficient (Wildman–Crippen LogP) is 2.06. The summed E-state index contributed by atoms with van der Waals surface area (Å²) in [5.41, 5.74) is 0.471. The average molecular weight is 444 g/mol. The van der Waals surface area contributed by atoms with Crippen molar-refractivity contribution in [2.45, 2.75) is 6.92 Å². The number of aryl methyl sites for hydroxylation is 2. The molecule has 0 spiro atoms. The van der Waals surface area contributed by atoms with Gasteiger partial charge in [-0.3, -0.25) is 19.2 Å². The zero-order valence-electron chi connectivity index (χ0n) is 17.6. The zero-order valence-corrected chi connectivity index (χ0v) is 17.6. The van der Waals surface area contributed by atoms with Crippen molar-refractivity contribution in [2.75, 3.05) is 38.0 Å². The number of aromatic nitrogens is 3. The summed E-state index contributed by atoms with van der Waals surface area (Å²) >= 11 is 0. The second kappa shape index (κ2) is 8.87. The molecule has 0 atom stereocenters. The number of carbonyl (C=O) groups excluding carboxylic acids is 2. The molecule has 2 aromatic heterocycles. The standard InChI is InChI=1S/C21H22F2N6O3/c1-13-9-18(26-32-13)24-19(30)12-28-5-7-29(8-6-28)21(31)16-11-27(2)25-20(16)15-4-3-14(22)10-17(15)23/h3-4,9-11H,5-8,12H2,1-2H3,(H,24,26,30). The van der Waals surface area contributed by atoms with Crippen LogP contribution in [0.15, 0.2) is 35.0 Å². The highest BCUT2D eigenvalue weighted by Crippen LogP contribution is 2.26. The van der Waals surface area contributed by atoms with E-state index in [0.29, 0.717) is 37.8 Å². The Bertz CT molecular complexity index is 1150. The molecular formula is C21H22F2N6O3. The van der Waals surface area contributed by atoms with Gasteiger partial charge in [0.05, 0.1) is 12.1 Å². The molecule has 0 saturated carbocycles. The molecule has 3 aromatic rings. The van der Waals surface area contributed by atoms with Gasteiger partial charge in [0.1, 0.15) is 23.1 Å². The van der Waals surface area contributed by atoms with Gasteiger partial charge in [-0.05, 0) is 19.1 Å². The molecule has 3 heterocycles. The Morgan fingerprint density at radius 1 is 1.16 bits per heavy atom. The monoisotopic (exact) mass is 444 g/mol. The molecule has 0 aliphatic carbocycles. The Morgan fingerprint density at radius 2 is 1.91 bits per heavy atom. The maximum atomic E-state index is 14.3. The van der Waals surface area contributed by atoms with Crippen LogP contribution in [0.25, 0.3) is 11.3 Å². The van der Waals surface area contributed by atoms with E-state index in [1.165, 1.54) is 16.9 Å². The van der Waals surface area contributed by atoms with Gasteiger partial charge in [-0.15, -0.1) is 0 Å². The highest BCUT2D eigenvalue weighted by atomic mass is 19.1. The summed E-state index contributed by atoms with van der Waals surface area (Å²) in [6.45, 7) is 3.68. The van der Waals surface area contributed by atoms with Gasteiger partial charge in [-0.2, -0.15) is 5.10 Å². The lowest BCUT2D eigenvalue weighted by molar-refractivity contribution is -0.117. The minimum atomic E-state index is -0.782. The number of nitrogens with zero attached hydrogens (tertiary/aromatic N) is 5. The van der Waals surface area contributed by atoms with Crippen LogP contribution in [0, 0.1) is 18.6 Å². The SMILES string of the molecule is Cc1cc(NC(=O)CN2CCN(C(=O)c3cn(C)nc3-c3ccc(F)cc3F)CC2)no1. The molecule has 32 heavy (non-hydrogen) atoms. The minimum absolute atomic E-state index is 0.0637. The molecule has 168 valence electrons. The third-order valence-electron chi connectivity index (χ3n) is 5.17. The van der Waals surface area contributed by atoms with E-state index in [0.717, 1.165) is 12.1 Å². The molecule has 1 fully saturated rings. The lowest BCUT2D eigenvalue weighted by Crippen LogP contribution is -2.50. The Hall–Kier alpha value is -3.60. The van der Waals surface area contributed by atoms with Gasteiger partial charge in [-0.1, -0.05) is 5.16 Å². The van der Waals surface area contributed by atoms with Crippen LogP contribution >= 0.6 is 0 Å². The quantitative estimate of drug-likeness (QED) is 0.647. The number of carbonyl (C=O) groups is 2. The first-order chi connectivity index (χ1) is 15.3. The van der Waals surface area contributed by atoms with Gasteiger partial charge in [0.15, 0.2) is 5.82 Å². The third-order valence-corrected chi connectivity index (χ3v) is 5.17. The highest BCUT2D eigenvalue weighted by Gasteiger charge is 2.27. The Balaban J connectivity index is 1.39. The van der Waals surface area contributed by atoms with Crippen LogP contribution in [0.4, 0.5) is 14.6 Å². The normalized spacial score (nSPS) is 14.6. The first-order valence-electron chi connectivity index (χ1n) is 10.0. The van der Waals surface area contributed by atoms with Crippen molar-refractivity contribution in [3.8, 4) is 11.3 Å². The second-order valence-electron chi connectivity index (χ2n) is 7.63. The van der Waals surface area contributed by atoms with E-state index in [1.54, 1.807) is 24.9 Å². The molecule has 1 saturated heterocycles. The van der Waals surface area contributed by atoms with Crippen LogP contribution < -0.4 is 5.32 Å². The first-order valence-corrected chi connectivity index (χ1v) is 10.0. The van der Waals surface area contributed by atoms with E-state index in [4.69, 9.17) is 4.52 Å². The van der Waals surface area contributed by atoms with E-state index >= 15 is 0 Å². The van der Waals surface area contributed by atoms with E-state index in [2.05, 4.69) is 15.6 Å². The topological polar surface area (TPSA) is 96.5 Å². The van der Waals surface area contributed by atoms with Crippen LogP contribution in [0.2, 0.25) is 0 Å². The fourth-order valence-electron chi connectivity index (χ4n) is 3.62. The number of amides is 2. The maximum Gasteiger partial charge on any atom is 0.257 e. The number of halogens is 2. The number of piperazine rings is 1. The summed E-state index contributed by atoms with van der Waals surface area (Å²) < 4.78 is 33.9. The molecule has 1 aliphatic rings. The molecule has 1 N–H and O–H groups in total. The molecule has 0 unspecified atom stereocenters. The van der Waals surface area contributed by atoms with Gasteiger partial charge >= 0.3 is 0 Å². The van der Waals surface area contributed by atoms with Gasteiger partial charge in [0.2, 0.25) is 5.91 Å². The van der Waals surface area contributed by atoms with Crippen molar-refractivity contribution in [3.63, 3.8) is 0 Å². The van der Waals surface area contributed by atoms with Crippen LogP contribution in [-0.2, 0) is 11.8 Å². The lowest BCUT2D eigenvalue weighted by Gasteiger charge is -2.34. The van der Waals surface area contributed by atoms with E-state index in [1.807, 2.05) is 4.90 Å². The van der Waals surface area contributed by atoms with E-state index in [9.17, 15) is 18.4 Å². The number of nitrogens with one attached hydrogen (secondary N) is 1. The van der Waals surface area contributed by atoms with Crippen molar-refractivity contribution < 1.29 is 22.9 Å². The molecule has 2 amide bonds. The van der Waals surface area contributed by atoms with E-state index < -0.39 is 11.6 Å². The molecule has 11 heteroatoms. The number of rotatable bonds is 5. The summed E-state index contributed by atoms with van der Waals surface area (Å²) in [5.74, 6) is -1.04. The molecule has 4 rings (SSSR count). The fourth-order valence-corrected chi connectivity index (χ4v) is 3.62. The Kier molecular flexibility index (Phi) is 5.99. The lowest BCUT2D eigenvalue weighted by atomic mass is 10.1. The van der Waals surface area contributed by atoms with Crippen molar-refractivity contribution in [1.82, 2.24) is 24.7 Å². The van der Waals surface area contributed by atoms with Crippen LogP contribution in [0.3, 0.4) is 0 Å². The van der Waals surface area contributed by atoms with Crippen LogP contribution in [0.5, 0.6) is 0 Å². The Morgan fingerprint density at radius 3 is 2.56 bits per heavy atom. The van der Waals surface area contributed by atoms with E-state index in [-0.39, 0.29) is 35.2 Å². The summed E-state index contributed by atoms with van der Waals surface area (Å²) in [6.07, 6.45) is 1.53. The van der Waals surface area contributed by atoms with Crippen molar-refractivity contribution in [1.29, 1.82) is 0 Å². The van der Waals surface area contributed by atoms with Crippen molar-refractivity contribution in [3.05, 3.63) is 53.4 Å². The van der Waals surface area contributed by atoms with Crippen molar-refractivity contribution >= 4 is 17.6 Å². The first kappa shape index (κ1) is 21.6. The second-order valence-corrected chi connectivity index (χ2v) is 7.63. The molecule has 9 nitrogen and oxygen atoms in total. The Labute approximate surface area is 182 Å².